The van der Waals surface area contributed by atoms with Crippen molar-refractivity contribution >= 4 is 5.91 Å². The zero-order valence-electron chi connectivity index (χ0n) is 8.63. The van der Waals surface area contributed by atoms with Gasteiger partial charge in [0.05, 0.1) is 0 Å². The van der Waals surface area contributed by atoms with Crippen molar-refractivity contribution in [2.45, 2.75) is 39.3 Å². The van der Waals surface area contributed by atoms with E-state index in [4.69, 9.17) is 0 Å². The van der Waals surface area contributed by atoms with Crippen molar-refractivity contribution in [2.24, 2.45) is 5.41 Å². The van der Waals surface area contributed by atoms with Crippen LogP contribution >= 0.6 is 0 Å². The van der Waals surface area contributed by atoms with Gasteiger partial charge in [-0.05, 0) is 6.42 Å². The van der Waals surface area contributed by atoms with Gasteiger partial charge in [0, 0.05) is 30.6 Å². The third-order valence-corrected chi connectivity index (χ3v) is 2.97. The van der Waals surface area contributed by atoms with Gasteiger partial charge in [0.2, 0.25) is 5.91 Å². The zero-order valence-corrected chi connectivity index (χ0v) is 8.63. The minimum absolute atomic E-state index is 0.214. The number of nitrogens with one attached hydrogen (secondary N) is 1. The number of carbonyl (C=O) groups excluding carboxylic acids is 1. The Hall–Kier alpha value is -0.570. The van der Waals surface area contributed by atoms with Crippen LogP contribution in [0, 0.1) is 5.41 Å². The molecule has 0 radical (unpaired) electrons. The van der Waals surface area contributed by atoms with Gasteiger partial charge in [-0.3, -0.25) is 4.79 Å². The first-order chi connectivity index (χ1) is 6.00. The Bertz CT molecular complexity index is 218. The number of carbonyl (C=O) groups is 1. The quantitative estimate of drug-likeness (QED) is 0.595. The molecule has 2 atom stereocenters. The van der Waals surface area contributed by atoms with Crippen molar-refractivity contribution in [1.82, 2.24) is 10.2 Å². The van der Waals surface area contributed by atoms with E-state index in [1.54, 1.807) is 0 Å². The molecule has 0 aromatic heterocycles. The fraction of sp³-hybridized carbons (Fsp3) is 0.900. The molecule has 3 saturated heterocycles. The van der Waals surface area contributed by atoms with Crippen molar-refractivity contribution in [3.63, 3.8) is 0 Å². The highest BCUT2D eigenvalue weighted by atomic mass is 16.2. The topological polar surface area (TPSA) is 32.3 Å². The number of piperazine rings is 1. The lowest BCUT2D eigenvalue weighted by molar-refractivity contribution is -0.156. The third kappa shape index (κ3) is 1.35. The van der Waals surface area contributed by atoms with Crippen LogP contribution in [0.3, 0.4) is 0 Å². The second-order valence-electron chi connectivity index (χ2n) is 5.16. The van der Waals surface area contributed by atoms with Gasteiger partial charge in [-0.15, -0.1) is 0 Å². The molecule has 0 saturated carbocycles. The molecule has 13 heavy (non-hydrogen) atoms. The number of amides is 1. The molecule has 2 bridgehead atoms. The molecule has 0 aliphatic carbocycles. The summed E-state index contributed by atoms with van der Waals surface area (Å²) in [5, 5.41) is 3.33. The zero-order chi connectivity index (χ0) is 9.64. The largest absolute Gasteiger partial charge is 0.334 e. The number of nitrogens with zero attached hydrogens (tertiary/aromatic N) is 1. The number of rotatable bonds is 0. The van der Waals surface area contributed by atoms with Crippen LogP contribution in [0.1, 0.15) is 27.2 Å². The maximum absolute atomic E-state index is 12.0. The molecule has 2 unspecified atom stereocenters. The molecule has 1 amide bonds. The van der Waals surface area contributed by atoms with E-state index >= 15 is 0 Å². The maximum atomic E-state index is 12.0. The lowest BCUT2D eigenvalue weighted by Gasteiger charge is -2.54. The predicted molar refractivity (Wildman–Crippen MR) is 51.4 cm³/mol. The fourth-order valence-electron chi connectivity index (χ4n) is 2.20. The van der Waals surface area contributed by atoms with E-state index in [0.29, 0.717) is 18.0 Å². The van der Waals surface area contributed by atoms with Crippen LogP contribution in [0.25, 0.3) is 0 Å². The maximum Gasteiger partial charge on any atom is 0.228 e. The van der Waals surface area contributed by atoms with Crippen molar-refractivity contribution < 1.29 is 4.79 Å². The van der Waals surface area contributed by atoms with E-state index in [2.05, 4.69) is 10.2 Å². The lowest BCUT2D eigenvalue weighted by Crippen LogP contribution is -2.70. The van der Waals surface area contributed by atoms with E-state index in [0.717, 1.165) is 13.1 Å². The normalized spacial score (nSPS) is 32.7. The van der Waals surface area contributed by atoms with Gasteiger partial charge in [0.15, 0.2) is 0 Å². The number of hydrogen-bond acceptors (Lipinski definition) is 2. The second-order valence-corrected chi connectivity index (χ2v) is 5.16. The molecule has 3 nitrogen and oxygen atoms in total. The van der Waals surface area contributed by atoms with E-state index in [1.807, 2.05) is 20.8 Å². The summed E-state index contributed by atoms with van der Waals surface area (Å²) in [4.78, 5) is 14.0. The molecule has 0 aromatic rings. The fourth-order valence-corrected chi connectivity index (χ4v) is 2.20. The molecule has 3 heterocycles. The summed E-state index contributed by atoms with van der Waals surface area (Å²) in [6.07, 6.45) is 1.20. The monoisotopic (exact) mass is 182 g/mol. The van der Waals surface area contributed by atoms with Crippen LogP contribution in [0.4, 0.5) is 0 Å². The first-order valence-electron chi connectivity index (χ1n) is 5.03. The average molecular weight is 182 g/mol. The van der Waals surface area contributed by atoms with Gasteiger partial charge in [0.1, 0.15) is 0 Å². The van der Waals surface area contributed by atoms with Crippen LogP contribution in [-0.4, -0.2) is 36.0 Å². The summed E-state index contributed by atoms with van der Waals surface area (Å²) in [7, 11) is 0. The van der Waals surface area contributed by atoms with E-state index < -0.39 is 0 Å². The predicted octanol–water partition coefficient (Wildman–Crippen LogP) is 0.605. The Balaban J connectivity index is 2.06. The van der Waals surface area contributed by atoms with Gasteiger partial charge in [-0.1, -0.05) is 20.8 Å². The molecule has 3 aliphatic rings. The molecular formula is C10H18N2O. The van der Waals surface area contributed by atoms with E-state index in [1.165, 1.54) is 6.42 Å². The Labute approximate surface area is 79.5 Å². The lowest BCUT2D eigenvalue weighted by atomic mass is 9.84. The Morgan fingerprint density at radius 3 is 2.23 bits per heavy atom. The van der Waals surface area contributed by atoms with Gasteiger partial charge >= 0.3 is 0 Å². The van der Waals surface area contributed by atoms with Crippen molar-refractivity contribution in [2.75, 3.05) is 13.1 Å². The molecular weight excluding hydrogens is 164 g/mol. The summed E-state index contributed by atoms with van der Waals surface area (Å²) < 4.78 is 0. The van der Waals surface area contributed by atoms with Crippen LogP contribution in [0.2, 0.25) is 0 Å². The minimum atomic E-state index is -0.214. The molecule has 3 fully saturated rings. The summed E-state index contributed by atoms with van der Waals surface area (Å²) in [5.74, 6) is 0.315. The summed E-state index contributed by atoms with van der Waals surface area (Å²) >= 11 is 0. The van der Waals surface area contributed by atoms with Crippen LogP contribution in [0.15, 0.2) is 0 Å². The van der Waals surface area contributed by atoms with Crippen molar-refractivity contribution in [3.05, 3.63) is 0 Å². The van der Waals surface area contributed by atoms with Crippen molar-refractivity contribution in [3.8, 4) is 0 Å². The van der Waals surface area contributed by atoms with Gasteiger partial charge in [-0.25, -0.2) is 0 Å². The van der Waals surface area contributed by atoms with Crippen molar-refractivity contribution in [1.29, 1.82) is 0 Å². The van der Waals surface area contributed by atoms with Gasteiger partial charge in [-0.2, -0.15) is 0 Å². The van der Waals surface area contributed by atoms with Crippen LogP contribution in [0.5, 0.6) is 0 Å². The van der Waals surface area contributed by atoms with Crippen LogP contribution in [-0.2, 0) is 4.79 Å². The second kappa shape index (κ2) is 2.71. The Morgan fingerprint density at radius 2 is 1.85 bits per heavy atom. The van der Waals surface area contributed by atoms with Crippen LogP contribution < -0.4 is 5.32 Å². The van der Waals surface area contributed by atoms with Gasteiger partial charge in [0.25, 0.3) is 0 Å². The first kappa shape index (κ1) is 9.00. The first-order valence-corrected chi connectivity index (χ1v) is 5.03. The number of fused-ring (bicyclic) bond motifs is 2. The smallest absolute Gasteiger partial charge is 0.228 e. The van der Waals surface area contributed by atoms with E-state index in [-0.39, 0.29) is 5.41 Å². The highest BCUT2D eigenvalue weighted by molar-refractivity contribution is 5.83. The summed E-state index contributed by atoms with van der Waals surface area (Å²) in [6, 6.07) is 0.955. The number of piperidine rings is 1. The third-order valence-electron chi connectivity index (χ3n) is 2.97. The SMILES string of the molecule is CC(C)(C)C(=O)N1C2CNCC1C2. The molecule has 0 spiro atoms. The highest BCUT2D eigenvalue weighted by Gasteiger charge is 2.46. The number of hydrogen-bond donors (Lipinski definition) is 1. The molecule has 1 N–H and O–H groups in total. The molecule has 0 aromatic carbocycles. The highest BCUT2D eigenvalue weighted by Crippen LogP contribution is 2.32. The minimum Gasteiger partial charge on any atom is -0.334 e. The molecule has 3 aliphatic heterocycles. The summed E-state index contributed by atoms with van der Waals surface area (Å²) in [6.45, 7) is 7.96. The molecule has 3 rings (SSSR count). The standard InChI is InChI=1S/C10H18N2O/c1-10(2,3)9(13)12-7-4-8(12)6-11-5-7/h7-8,11H,4-6H2,1-3H3. The summed E-state index contributed by atoms with van der Waals surface area (Å²) in [5.41, 5.74) is -0.214. The average Bonchev–Trinajstić information content (AvgIpc) is 2.03. The van der Waals surface area contributed by atoms with Gasteiger partial charge < -0.3 is 10.2 Å². The van der Waals surface area contributed by atoms with E-state index in [9.17, 15) is 4.79 Å². The molecule has 3 heteroatoms. The Kier molecular flexibility index (Phi) is 1.88. The Morgan fingerprint density at radius 1 is 1.31 bits per heavy atom. The molecule has 74 valence electrons.